The molecule has 1 amide bonds. The van der Waals surface area contributed by atoms with Gasteiger partial charge in [0.1, 0.15) is 21.7 Å². The van der Waals surface area contributed by atoms with E-state index in [-0.39, 0.29) is 17.1 Å². The van der Waals surface area contributed by atoms with Crippen LogP contribution in [0.25, 0.3) is 10.6 Å². The highest BCUT2D eigenvalue weighted by Crippen LogP contribution is 2.28. The fraction of sp³-hybridized carbons (Fsp3) is 0.217. The number of amides is 1. The third-order valence-electron chi connectivity index (χ3n) is 4.51. The molecule has 1 unspecified atom stereocenters. The van der Waals surface area contributed by atoms with Crippen LogP contribution in [-0.4, -0.2) is 42.6 Å². The highest BCUT2D eigenvalue weighted by Gasteiger charge is 2.24. The summed E-state index contributed by atoms with van der Waals surface area (Å²) in [4.78, 5) is 41.4. The quantitative estimate of drug-likeness (QED) is 0.523. The number of ether oxygens (including phenoxy) is 2. The molecule has 2 aromatic carbocycles. The van der Waals surface area contributed by atoms with Crippen molar-refractivity contribution in [2.75, 3.05) is 13.7 Å². The lowest BCUT2D eigenvalue weighted by atomic mass is 10.1. The first-order valence-corrected chi connectivity index (χ1v) is 10.5. The first kappa shape index (κ1) is 23.1. The molecule has 0 bridgehead atoms. The van der Waals surface area contributed by atoms with Gasteiger partial charge in [-0.1, -0.05) is 30.3 Å². The van der Waals surface area contributed by atoms with Crippen LogP contribution in [0.3, 0.4) is 0 Å². The maximum atomic E-state index is 13.1. The molecular weight excluding hydrogens is 435 g/mol. The molecule has 0 aliphatic heterocycles. The number of nitrogens with zero attached hydrogens (tertiary/aromatic N) is 1. The Kier molecular flexibility index (Phi) is 7.67. The van der Waals surface area contributed by atoms with Crippen molar-refractivity contribution in [2.45, 2.75) is 19.4 Å². The molecule has 7 nitrogen and oxygen atoms in total. The molecule has 0 saturated carbocycles. The van der Waals surface area contributed by atoms with Crippen molar-refractivity contribution < 1.29 is 28.2 Å². The van der Waals surface area contributed by atoms with Crippen molar-refractivity contribution >= 4 is 29.2 Å². The van der Waals surface area contributed by atoms with Gasteiger partial charge in [0.15, 0.2) is 6.61 Å². The molecule has 1 heterocycles. The van der Waals surface area contributed by atoms with Gasteiger partial charge in [0.05, 0.1) is 12.8 Å². The molecule has 3 aromatic rings. The van der Waals surface area contributed by atoms with Gasteiger partial charge in [0.25, 0.3) is 5.91 Å². The Bertz CT molecular complexity index is 1100. The number of methoxy groups -OCH3 is 1. The lowest BCUT2D eigenvalue weighted by Crippen LogP contribution is -2.44. The number of aromatic nitrogens is 1. The van der Waals surface area contributed by atoms with Crippen molar-refractivity contribution in [1.82, 2.24) is 10.3 Å². The van der Waals surface area contributed by atoms with E-state index in [0.29, 0.717) is 16.3 Å². The molecule has 3 rings (SSSR count). The summed E-state index contributed by atoms with van der Waals surface area (Å²) in [6.45, 7) is 1.08. The van der Waals surface area contributed by atoms with Crippen LogP contribution in [0.2, 0.25) is 0 Å². The molecule has 166 valence electrons. The number of rotatable bonds is 8. The average molecular weight is 456 g/mol. The number of thiazole rings is 1. The molecular formula is C23H21FN2O5S. The predicted molar refractivity (Wildman–Crippen MR) is 117 cm³/mol. The Morgan fingerprint density at radius 3 is 2.44 bits per heavy atom. The molecule has 0 fully saturated rings. The second-order valence-corrected chi connectivity index (χ2v) is 7.85. The second kappa shape index (κ2) is 10.6. The van der Waals surface area contributed by atoms with Gasteiger partial charge in [0.2, 0.25) is 0 Å². The summed E-state index contributed by atoms with van der Waals surface area (Å²) in [5, 5.41) is 3.07. The smallest absolute Gasteiger partial charge is 0.350 e. The van der Waals surface area contributed by atoms with Crippen molar-refractivity contribution in [3.05, 3.63) is 76.5 Å². The number of nitrogens with one attached hydrogen (secondary N) is 1. The topological polar surface area (TPSA) is 94.6 Å². The van der Waals surface area contributed by atoms with E-state index < -0.39 is 30.5 Å². The third-order valence-corrected chi connectivity index (χ3v) is 5.70. The summed E-state index contributed by atoms with van der Waals surface area (Å²) in [7, 11) is 1.23. The number of benzene rings is 2. The summed E-state index contributed by atoms with van der Waals surface area (Å²) in [5.74, 6) is -2.31. The third kappa shape index (κ3) is 5.98. The van der Waals surface area contributed by atoms with E-state index >= 15 is 0 Å². The molecule has 0 spiro atoms. The van der Waals surface area contributed by atoms with Crippen LogP contribution >= 0.6 is 11.3 Å². The molecule has 0 aliphatic carbocycles. The number of carbonyl (C=O) groups excluding carboxylic acids is 3. The maximum absolute atomic E-state index is 13.1. The lowest BCUT2D eigenvalue weighted by Gasteiger charge is -2.16. The fourth-order valence-corrected chi connectivity index (χ4v) is 3.89. The average Bonchev–Trinajstić information content (AvgIpc) is 3.19. The lowest BCUT2D eigenvalue weighted by molar-refractivity contribution is -0.145. The van der Waals surface area contributed by atoms with Crippen molar-refractivity contribution in [3.8, 4) is 10.6 Å². The normalized spacial score (nSPS) is 11.5. The number of halogens is 1. The SMILES string of the molecule is COC(=O)C(Cc1ccccc1)NC(=O)COC(=O)c1sc(-c2ccc(F)cc2)nc1C. The van der Waals surface area contributed by atoms with Crippen LogP contribution < -0.4 is 5.32 Å². The van der Waals surface area contributed by atoms with E-state index in [1.165, 1.54) is 19.2 Å². The van der Waals surface area contributed by atoms with Gasteiger partial charge in [-0.05, 0) is 36.8 Å². The van der Waals surface area contributed by atoms with E-state index in [1.54, 1.807) is 19.1 Å². The summed E-state index contributed by atoms with van der Waals surface area (Å²) in [5.41, 5.74) is 1.95. The Hall–Kier alpha value is -3.59. The number of hydrogen-bond acceptors (Lipinski definition) is 7. The van der Waals surface area contributed by atoms with E-state index in [1.807, 2.05) is 30.3 Å². The number of carbonyl (C=O) groups is 3. The van der Waals surface area contributed by atoms with Crippen LogP contribution in [0.15, 0.2) is 54.6 Å². The monoisotopic (exact) mass is 456 g/mol. The summed E-state index contributed by atoms with van der Waals surface area (Å²) in [6, 6.07) is 14.0. The van der Waals surface area contributed by atoms with E-state index in [9.17, 15) is 18.8 Å². The summed E-state index contributed by atoms with van der Waals surface area (Å²) in [6.07, 6.45) is 0.238. The summed E-state index contributed by atoms with van der Waals surface area (Å²) >= 11 is 1.09. The summed E-state index contributed by atoms with van der Waals surface area (Å²) < 4.78 is 23.0. The van der Waals surface area contributed by atoms with Crippen molar-refractivity contribution in [3.63, 3.8) is 0 Å². The van der Waals surface area contributed by atoms with E-state index in [0.717, 1.165) is 16.9 Å². The molecule has 9 heteroatoms. The van der Waals surface area contributed by atoms with Gasteiger partial charge in [-0.25, -0.2) is 19.0 Å². The first-order chi connectivity index (χ1) is 15.4. The fourth-order valence-electron chi connectivity index (χ4n) is 2.92. The van der Waals surface area contributed by atoms with Crippen molar-refractivity contribution in [2.24, 2.45) is 0 Å². The zero-order chi connectivity index (χ0) is 23.1. The van der Waals surface area contributed by atoms with Crippen molar-refractivity contribution in [1.29, 1.82) is 0 Å². The minimum atomic E-state index is -0.913. The molecule has 0 aliphatic rings. The predicted octanol–water partition coefficient (Wildman–Crippen LogP) is 3.31. The van der Waals surface area contributed by atoms with Crippen LogP contribution in [0, 0.1) is 12.7 Å². The van der Waals surface area contributed by atoms with Crippen LogP contribution in [-0.2, 0) is 25.5 Å². The minimum absolute atomic E-state index is 0.238. The van der Waals surface area contributed by atoms with Gasteiger partial charge in [-0.15, -0.1) is 11.3 Å². The van der Waals surface area contributed by atoms with Gasteiger partial charge in [-0.2, -0.15) is 0 Å². The highest BCUT2D eigenvalue weighted by atomic mass is 32.1. The number of hydrogen-bond donors (Lipinski definition) is 1. The second-order valence-electron chi connectivity index (χ2n) is 6.85. The Morgan fingerprint density at radius 1 is 1.09 bits per heavy atom. The maximum Gasteiger partial charge on any atom is 0.350 e. The number of esters is 2. The number of aryl methyl sites for hydroxylation is 1. The molecule has 32 heavy (non-hydrogen) atoms. The Labute approximate surface area is 188 Å². The minimum Gasteiger partial charge on any atom is -0.467 e. The highest BCUT2D eigenvalue weighted by molar-refractivity contribution is 7.17. The van der Waals surface area contributed by atoms with Gasteiger partial charge < -0.3 is 14.8 Å². The van der Waals surface area contributed by atoms with Crippen LogP contribution in [0.1, 0.15) is 20.9 Å². The first-order valence-electron chi connectivity index (χ1n) is 9.69. The standard InChI is InChI=1S/C23H21FN2O5S/c1-14-20(32-21(25-14)16-8-10-17(24)11-9-16)23(29)31-13-19(27)26-18(22(28)30-2)12-15-6-4-3-5-7-15/h3-11,18H,12-13H2,1-2H3,(H,26,27). The molecule has 1 N–H and O–H groups in total. The zero-order valence-electron chi connectivity index (χ0n) is 17.5. The zero-order valence-corrected chi connectivity index (χ0v) is 18.3. The molecule has 1 atom stereocenters. The molecule has 0 saturated heterocycles. The Balaban J connectivity index is 1.60. The van der Waals surface area contributed by atoms with Crippen LogP contribution in [0.4, 0.5) is 4.39 Å². The van der Waals surface area contributed by atoms with Gasteiger partial charge >= 0.3 is 11.9 Å². The van der Waals surface area contributed by atoms with Crippen LogP contribution in [0.5, 0.6) is 0 Å². The van der Waals surface area contributed by atoms with Gasteiger partial charge in [0, 0.05) is 12.0 Å². The van der Waals surface area contributed by atoms with E-state index in [2.05, 4.69) is 10.3 Å². The Morgan fingerprint density at radius 2 is 1.78 bits per heavy atom. The molecule has 1 aromatic heterocycles. The largest absolute Gasteiger partial charge is 0.467 e. The molecule has 0 radical (unpaired) electrons. The van der Waals surface area contributed by atoms with E-state index in [4.69, 9.17) is 9.47 Å². The van der Waals surface area contributed by atoms with Gasteiger partial charge in [-0.3, -0.25) is 4.79 Å².